The van der Waals surface area contributed by atoms with Crippen LogP contribution in [0.2, 0.25) is 0 Å². The van der Waals surface area contributed by atoms with Crippen LogP contribution in [0.15, 0.2) is 6.20 Å². The van der Waals surface area contributed by atoms with Crippen LogP contribution in [-0.4, -0.2) is 64.1 Å². The minimum absolute atomic E-state index is 0.0395. The third kappa shape index (κ3) is 4.29. The highest BCUT2D eigenvalue weighted by Crippen LogP contribution is 2.16. The smallest absolute Gasteiger partial charge is 0.224 e. The first-order chi connectivity index (χ1) is 9.29. The van der Waals surface area contributed by atoms with Crippen molar-refractivity contribution in [2.75, 3.05) is 32.8 Å². The van der Waals surface area contributed by atoms with Gasteiger partial charge in [0.1, 0.15) is 0 Å². The van der Waals surface area contributed by atoms with Crippen molar-refractivity contribution >= 4 is 5.91 Å². The Morgan fingerprint density at radius 1 is 1.63 bits per heavy atom. The highest BCUT2D eigenvalue weighted by atomic mass is 16.3. The summed E-state index contributed by atoms with van der Waals surface area (Å²) in [6.07, 6.45) is 4.30. The summed E-state index contributed by atoms with van der Waals surface area (Å²) in [5, 5.41) is 22.1. The van der Waals surface area contributed by atoms with Crippen molar-refractivity contribution in [2.45, 2.75) is 19.3 Å². The van der Waals surface area contributed by atoms with Crippen LogP contribution in [0.4, 0.5) is 0 Å². The fourth-order valence-corrected chi connectivity index (χ4v) is 2.42. The second-order valence-electron chi connectivity index (χ2n) is 4.87. The Morgan fingerprint density at radius 2 is 2.53 bits per heavy atom. The molecule has 7 heteroatoms. The Balaban J connectivity index is 1.70. The molecule has 0 radical (unpaired) electrons. The summed E-state index contributed by atoms with van der Waals surface area (Å²) < 4.78 is 0. The molecule has 2 rings (SSSR count). The molecule has 19 heavy (non-hydrogen) atoms. The first-order valence-corrected chi connectivity index (χ1v) is 6.75. The van der Waals surface area contributed by atoms with E-state index in [2.05, 4.69) is 25.6 Å². The Labute approximate surface area is 112 Å². The van der Waals surface area contributed by atoms with Gasteiger partial charge in [0.2, 0.25) is 5.91 Å². The zero-order valence-electron chi connectivity index (χ0n) is 11.0. The van der Waals surface area contributed by atoms with E-state index in [0.29, 0.717) is 19.5 Å². The van der Waals surface area contributed by atoms with E-state index in [-0.39, 0.29) is 18.4 Å². The maximum Gasteiger partial charge on any atom is 0.224 e. The molecule has 1 saturated heterocycles. The molecule has 1 aliphatic rings. The van der Waals surface area contributed by atoms with Crippen molar-refractivity contribution in [1.29, 1.82) is 0 Å². The van der Waals surface area contributed by atoms with E-state index < -0.39 is 0 Å². The molecular formula is C12H21N5O2. The van der Waals surface area contributed by atoms with E-state index in [1.807, 2.05) is 0 Å². The molecule has 3 N–H and O–H groups in total. The molecule has 0 spiro atoms. The average molecular weight is 267 g/mol. The van der Waals surface area contributed by atoms with Crippen LogP contribution in [0.1, 0.15) is 18.5 Å². The monoisotopic (exact) mass is 267 g/mol. The molecule has 0 saturated carbocycles. The normalized spacial score (nSPS) is 20.4. The molecule has 0 aliphatic carbocycles. The number of aliphatic hydroxyl groups is 1. The number of rotatable bonds is 6. The highest BCUT2D eigenvalue weighted by molar-refractivity contribution is 5.78. The zero-order chi connectivity index (χ0) is 13.5. The van der Waals surface area contributed by atoms with E-state index >= 15 is 0 Å². The summed E-state index contributed by atoms with van der Waals surface area (Å²) in [5.41, 5.74) is 0.853. The molecule has 1 amide bonds. The molecule has 0 bridgehead atoms. The highest BCUT2D eigenvalue weighted by Gasteiger charge is 2.24. The van der Waals surface area contributed by atoms with Crippen LogP contribution in [0.25, 0.3) is 0 Å². The summed E-state index contributed by atoms with van der Waals surface area (Å²) in [6.45, 7) is 3.12. The minimum atomic E-state index is 0.0395. The average Bonchev–Trinajstić information content (AvgIpc) is 2.92. The van der Waals surface area contributed by atoms with Gasteiger partial charge in [-0.2, -0.15) is 15.4 Å². The topological polar surface area (TPSA) is 94.1 Å². The number of aliphatic hydroxyl groups excluding tert-OH is 1. The molecule has 106 valence electrons. The van der Waals surface area contributed by atoms with Crippen LogP contribution in [0, 0.1) is 5.92 Å². The van der Waals surface area contributed by atoms with Gasteiger partial charge in [0.15, 0.2) is 0 Å². The van der Waals surface area contributed by atoms with E-state index in [9.17, 15) is 4.79 Å². The number of nitrogens with one attached hydrogen (secondary N) is 2. The second-order valence-corrected chi connectivity index (χ2v) is 4.87. The molecule has 7 nitrogen and oxygen atoms in total. The van der Waals surface area contributed by atoms with Crippen molar-refractivity contribution in [1.82, 2.24) is 25.6 Å². The molecular weight excluding hydrogens is 246 g/mol. The van der Waals surface area contributed by atoms with Gasteiger partial charge in [0.05, 0.1) is 24.4 Å². The summed E-state index contributed by atoms with van der Waals surface area (Å²) in [7, 11) is 0. The van der Waals surface area contributed by atoms with Crippen LogP contribution in [0.3, 0.4) is 0 Å². The van der Waals surface area contributed by atoms with Gasteiger partial charge < -0.3 is 15.3 Å². The Kier molecular flexibility index (Phi) is 5.29. The molecule has 1 aliphatic heterocycles. The Bertz CT molecular complexity index is 379. The van der Waals surface area contributed by atoms with Gasteiger partial charge >= 0.3 is 0 Å². The number of hydrogen-bond donors (Lipinski definition) is 3. The summed E-state index contributed by atoms with van der Waals surface area (Å²) in [6, 6.07) is 0. The standard InChI is InChI=1S/C12H21N5O2/c18-7-6-17-5-1-2-10(9-17)12(19)13-4-3-11-8-14-16-15-11/h8,10,18H,1-7,9H2,(H,13,19)(H,14,15,16). The number of hydrogen-bond acceptors (Lipinski definition) is 5. The third-order valence-corrected chi connectivity index (χ3v) is 3.44. The SMILES string of the molecule is O=C(NCCc1cn[nH]n1)C1CCCN(CCO)C1. The van der Waals surface area contributed by atoms with E-state index in [0.717, 1.165) is 31.6 Å². The van der Waals surface area contributed by atoms with Gasteiger partial charge in [-0.3, -0.25) is 4.79 Å². The van der Waals surface area contributed by atoms with Crippen LogP contribution >= 0.6 is 0 Å². The number of amides is 1. The summed E-state index contributed by atoms with van der Waals surface area (Å²) in [5.74, 6) is 0.142. The van der Waals surface area contributed by atoms with E-state index in [1.165, 1.54) is 0 Å². The Hall–Kier alpha value is -1.47. The quantitative estimate of drug-likeness (QED) is 0.625. The molecule has 1 aromatic rings. The minimum Gasteiger partial charge on any atom is -0.395 e. The maximum atomic E-state index is 12.0. The molecule has 1 fully saturated rings. The van der Waals surface area contributed by atoms with E-state index in [1.54, 1.807) is 6.20 Å². The lowest BCUT2D eigenvalue weighted by Crippen LogP contribution is -2.44. The van der Waals surface area contributed by atoms with Crippen LogP contribution in [-0.2, 0) is 11.2 Å². The number of likely N-dealkylation sites (tertiary alicyclic amines) is 1. The number of aromatic nitrogens is 3. The molecule has 1 aromatic heterocycles. The summed E-state index contributed by atoms with van der Waals surface area (Å²) >= 11 is 0. The number of nitrogens with zero attached hydrogens (tertiary/aromatic N) is 3. The van der Waals surface area contributed by atoms with Crippen molar-refractivity contribution in [2.24, 2.45) is 5.92 Å². The third-order valence-electron chi connectivity index (χ3n) is 3.44. The largest absolute Gasteiger partial charge is 0.395 e. The van der Waals surface area contributed by atoms with Crippen molar-refractivity contribution in [3.8, 4) is 0 Å². The van der Waals surface area contributed by atoms with Crippen LogP contribution < -0.4 is 5.32 Å². The lowest BCUT2D eigenvalue weighted by Gasteiger charge is -2.31. The van der Waals surface area contributed by atoms with Crippen molar-refractivity contribution in [3.63, 3.8) is 0 Å². The predicted octanol–water partition coefficient (Wildman–Crippen LogP) is -0.832. The zero-order valence-corrected chi connectivity index (χ0v) is 11.0. The first-order valence-electron chi connectivity index (χ1n) is 6.75. The number of carbonyl (C=O) groups is 1. The van der Waals surface area contributed by atoms with Gasteiger partial charge in [-0.05, 0) is 19.4 Å². The van der Waals surface area contributed by atoms with Crippen molar-refractivity contribution in [3.05, 3.63) is 11.9 Å². The van der Waals surface area contributed by atoms with Crippen molar-refractivity contribution < 1.29 is 9.90 Å². The predicted molar refractivity (Wildman–Crippen MR) is 69.3 cm³/mol. The number of carbonyl (C=O) groups excluding carboxylic acids is 1. The van der Waals surface area contributed by atoms with Gasteiger partial charge in [-0.25, -0.2) is 0 Å². The molecule has 0 aromatic carbocycles. The summed E-state index contributed by atoms with van der Waals surface area (Å²) in [4.78, 5) is 14.2. The lowest BCUT2D eigenvalue weighted by molar-refractivity contribution is -0.126. The van der Waals surface area contributed by atoms with Gasteiger partial charge in [-0.1, -0.05) is 0 Å². The fourth-order valence-electron chi connectivity index (χ4n) is 2.42. The lowest BCUT2D eigenvalue weighted by atomic mass is 9.97. The number of piperidine rings is 1. The first kappa shape index (κ1) is 14.0. The van der Waals surface area contributed by atoms with Gasteiger partial charge in [0, 0.05) is 26.1 Å². The Morgan fingerprint density at radius 3 is 3.26 bits per heavy atom. The maximum absolute atomic E-state index is 12.0. The number of H-pyrrole nitrogens is 1. The fraction of sp³-hybridized carbons (Fsp3) is 0.750. The van der Waals surface area contributed by atoms with E-state index in [4.69, 9.17) is 5.11 Å². The second kappa shape index (κ2) is 7.20. The van der Waals surface area contributed by atoms with Gasteiger partial charge in [-0.15, -0.1) is 0 Å². The molecule has 1 unspecified atom stereocenters. The number of β-amino-alcohol motifs (C(OH)–C–C–N with tert-alkyl or cyclic N) is 1. The molecule has 2 heterocycles. The number of aromatic amines is 1. The molecule has 1 atom stereocenters. The van der Waals surface area contributed by atoms with Gasteiger partial charge in [0.25, 0.3) is 0 Å². The van der Waals surface area contributed by atoms with Crippen LogP contribution in [0.5, 0.6) is 0 Å².